The fourth-order valence-corrected chi connectivity index (χ4v) is 4.67. The normalized spacial score (nSPS) is 17.1. The Balaban J connectivity index is 1.31. The van der Waals surface area contributed by atoms with E-state index in [0.717, 1.165) is 42.8 Å². The third kappa shape index (κ3) is 6.93. The zero-order chi connectivity index (χ0) is 25.3. The first-order valence-electron chi connectivity index (χ1n) is 12.5. The van der Waals surface area contributed by atoms with Crippen LogP contribution in [0.4, 0.5) is 5.69 Å². The van der Waals surface area contributed by atoms with Crippen molar-refractivity contribution < 1.29 is 19.4 Å². The van der Waals surface area contributed by atoms with Crippen molar-refractivity contribution in [2.24, 2.45) is 11.8 Å². The van der Waals surface area contributed by atoms with Gasteiger partial charge >= 0.3 is 5.97 Å². The molecule has 1 fully saturated rings. The van der Waals surface area contributed by atoms with Crippen LogP contribution in [-0.4, -0.2) is 35.1 Å². The van der Waals surface area contributed by atoms with Gasteiger partial charge in [-0.25, -0.2) is 9.80 Å². The fourth-order valence-electron chi connectivity index (χ4n) is 4.67. The van der Waals surface area contributed by atoms with Gasteiger partial charge in [0.2, 0.25) is 5.91 Å². The molecule has 0 bridgehead atoms. The highest BCUT2D eigenvalue weighted by molar-refractivity contribution is 5.92. The van der Waals surface area contributed by atoms with Crippen LogP contribution >= 0.6 is 0 Å². The number of benzene rings is 3. The smallest absolute Gasteiger partial charge is 0.335 e. The second-order valence-electron chi connectivity index (χ2n) is 9.14. The zero-order valence-corrected chi connectivity index (χ0v) is 20.5. The molecule has 0 spiro atoms. The first-order valence-corrected chi connectivity index (χ1v) is 12.5. The monoisotopic (exact) mass is 487 g/mol. The number of hydrazine groups is 1. The van der Waals surface area contributed by atoms with Crippen molar-refractivity contribution in [1.82, 2.24) is 10.4 Å². The SMILES string of the molecule is CCC(C(=O)Nc1ccc(Oc2ccccc2)cc1)C1CCCN(Cc2cccc(C(=O)O)c2)NC1. The van der Waals surface area contributed by atoms with E-state index >= 15 is 0 Å². The van der Waals surface area contributed by atoms with E-state index in [2.05, 4.69) is 22.7 Å². The number of rotatable bonds is 9. The van der Waals surface area contributed by atoms with Crippen LogP contribution in [0.1, 0.15) is 42.1 Å². The summed E-state index contributed by atoms with van der Waals surface area (Å²) in [5.74, 6) is 0.705. The lowest BCUT2D eigenvalue weighted by molar-refractivity contribution is -0.121. The number of carboxylic acids is 1. The van der Waals surface area contributed by atoms with E-state index in [4.69, 9.17) is 4.74 Å². The van der Waals surface area contributed by atoms with E-state index in [-0.39, 0.29) is 17.7 Å². The molecule has 0 saturated carbocycles. The van der Waals surface area contributed by atoms with Crippen LogP contribution in [0.2, 0.25) is 0 Å². The number of aromatic carboxylic acids is 1. The van der Waals surface area contributed by atoms with Crippen LogP contribution in [-0.2, 0) is 11.3 Å². The van der Waals surface area contributed by atoms with Gasteiger partial charge in [-0.05, 0) is 79.3 Å². The molecular formula is C29H33N3O4. The quantitative estimate of drug-likeness (QED) is 0.366. The van der Waals surface area contributed by atoms with Gasteiger partial charge in [0.15, 0.2) is 0 Å². The molecule has 0 aliphatic carbocycles. The van der Waals surface area contributed by atoms with Crippen molar-refractivity contribution in [2.75, 3.05) is 18.4 Å². The van der Waals surface area contributed by atoms with E-state index in [9.17, 15) is 14.7 Å². The number of hydrogen-bond acceptors (Lipinski definition) is 5. The highest BCUT2D eigenvalue weighted by Crippen LogP contribution is 2.27. The maximum Gasteiger partial charge on any atom is 0.335 e. The molecule has 1 aliphatic heterocycles. The van der Waals surface area contributed by atoms with E-state index in [1.165, 1.54) is 0 Å². The molecule has 36 heavy (non-hydrogen) atoms. The lowest BCUT2D eigenvalue weighted by Gasteiger charge is -2.26. The van der Waals surface area contributed by atoms with Gasteiger partial charge in [0.1, 0.15) is 11.5 Å². The molecule has 2 atom stereocenters. The molecule has 4 rings (SSSR count). The Bertz CT molecular complexity index is 1150. The number of carboxylic acid groups (broad SMARTS) is 1. The van der Waals surface area contributed by atoms with Crippen molar-refractivity contribution in [3.05, 3.63) is 90.0 Å². The van der Waals surface area contributed by atoms with Crippen molar-refractivity contribution in [3.63, 3.8) is 0 Å². The average Bonchev–Trinajstić information content (AvgIpc) is 3.12. The molecule has 1 saturated heterocycles. The molecule has 7 nitrogen and oxygen atoms in total. The van der Waals surface area contributed by atoms with Crippen LogP contribution in [0, 0.1) is 11.8 Å². The van der Waals surface area contributed by atoms with Crippen molar-refractivity contribution in [2.45, 2.75) is 32.7 Å². The number of carbonyl (C=O) groups excluding carboxylic acids is 1. The van der Waals surface area contributed by atoms with Crippen LogP contribution in [0.3, 0.4) is 0 Å². The number of carbonyl (C=O) groups is 2. The summed E-state index contributed by atoms with van der Waals surface area (Å²) in [6, 6.07) is 24.1. The van der Waals surface area contributed by atoms with Crippen LogP contribution < -0.4 is 15.5 Å². The number of para-hydroxylation sites is 1. The standard InChI is InChI=1S/C29H33N3O4/c1-2-27(28(33)31-24-13-15-26(16-14-24)36-25-11-4-3-5-12-25)23-10-7-17-32(30-19-23)20-21-8-6-9-22(18-21)29(34)35/h3-6,8-9,11-16,18,23,27,30H,2,7,10,17,19-20H2,1H3,(H,31,33)(H,34,35). The Labute approximate surface area is 212 Å². The Morgan fingerprint density at radius 1 is 1.06 bits per heavy atom. The Morgan fingerprint density at radius 2 is 1.81 bits per heavy atom. The van der Waals surface area contributed by atoms with E-state index in [0.29, 0.717) is 24.4 Å². The minimum absolute atomic E-state index is 0.0311. The number of nitrogens with zero attached hydrogens (tertiary/aromatic N) is 1. The van der Waals surface area contributed by atoms with Crippen molar-refractivity contribution in [3.8, 4) is 11.5 Å². The van der Waals surface area contributed by atoms with Crippen LogP contribution in [0.5, 0.6) is 11.5 Å². The molecule has 3 aromatic rings. The van der Waals surface area contributed by atoms with Gasteiger partial charge in [-0.2, -0.15) is 0 Å². The predicted octanol–water partition coefficient (Wildman–Crippen LogP) is 5.56. The van der Waals surface area contributed by atoms with Gasteiger partial charge in [0.25, 0.3) is 0 Å². The third-order valence-electron chi connectivity index (χ3n) is 6.57. The molecular weight excluding hydrogens is 454 g/mol. The first kappa shape index (κ1) is 25.4. The molecule has 0 aromatic heterocycles. The maximum absolute atomic E-state index is 13.2. The van der Waals surface area contributed by atoms with Gasteiger partial charge in [-0.1, -0.05) is 37.3 Å². The van der Waals surface area contributed by atoms with Gasteiger partial charge in [0.05, 0.1) is 5.56 Å². The first-order chi connectivity index (χ1) is 17.5. The Morgan fingerprint density at radius 3 is 2.53 bits per heavy atom. The lowest BCUT2D eigenvalue weighted by atomic mass is 9.86. The number of nitrogens with one attached hydrogen (secondary N) is 2. The molecule has 7 heteroatoms. The second-order valence-corrected chi connectivity index (χ2v) is 9.14. The zero-order valence-electron chi connectivity index (χ0n) is 20.5. The minimum Gasteiger partial charge on any atom is -0.478 e. The van der Waals surface area contributed by atoms with Crippen molar-refractivity contribution in [1.29, 1.82) is 0 Å². The van der Waals surface area contributed by atoms with E-state index in [1.54, 1.807) is 18.2 Å². The minimum atomic E-state index is -0.920. The summed E-state index contributed by atoms with van der Waals surface area (Å²) >= 11 is 0. The third-order valence-corrected chi connectivity index (χ3v) is 6.57. The topological polar surface area (TPSA) is 90.9 Å². The molecule has 0 radical (unpaired) electrons. The molecule has 3 N–H and O–H groups in total. The molecule has 1 heterocycles. The average molecular weight is 488 g/mol. The highest BCUT2D eigenvalue weighted by Gasteiger charge is 2.29. The number of hydrogen-bond donors (Lipinski definition) is 3. The summed E-state index contributed by atoms with van der Waals surface area (Å²) in [7, 11) is 0. The molecule has 1 amide bonds. The lowest BCUT2D eigenvalue weighted by Crippen LogP contribution is -2.41. The maximum atomic E-state index is 13.2. The fraction of sp³-hybridized carbons (Fsp3) is 0.310. The van der Waals surface area contributed by atoms with Crippen LogP contribution in [0.25, 0.3) is 0 Å². The predicted molar refractivity (Wildman–Crippen MR) is 140 cm³/mol. The Hall–Kier alpha value is -3.68. The van der Waals surface area contributed by atoms with Gasteiger partial charge in [-0.15, -0.1) is 0 Å². The van der Waals surface area contributed by atoms with E-state index < -0.39 is 5.97 Å². The molecule has 188 valence electrons. The summed E-state index contributed by atoms with van der Waals surface area (Å²) in [5.41, 5.74) is 5.48. The van der Waals surface area contributed by atoms with E-state index in [1.807, 2.05) is 60.7 Å². The highest BCUT2D eigenvalue weighted by atomic mass is 16.5. The Kier molecular flexibility index (Phi) is 8.71. The number of amides is 1. The summed E-state index contributed by atoms with van der Waals surface area (Å²) < 4.78 is 5.83. The summed E-state index contributed by atoms with van der Waals surface area (Å²) in [4.78, 5) is 24.4. The van der Waals surface area contributed by atoms with Gasteiger partial charge < -0.3 is 15.2 Å². The molecule has 3 aromatic carbocycles. The van der Waals surface area contributed by atoms with Crippen LogP contribution in [0.15, 0.2) is 78.9 Å². The van der Waals surface area contributed by atoms with Gasteiger partial charge in [0, 0.05) is 31.2 Å². The molecule has 1 aliphatic rings. The summed E-state index contributed by atoms with van der Waals surface area (Å²) in [5, 5.41) is 14.4. The van der Waals surface area contributed by atoms with Gasteiger partial charge in [-0.3, -0.25) is 10.2 Å². The number of ether oxygens (including phenoxy) is 1. The second kappa shape index (κ2) is 12.3. The summed E-state index contributed by atoms with van der Waals surface area (Å²) in [6.45, 7) is 4.22. The molecule has 2 unspecified atom stereocenters. The van der Waals surface area contributed by atoms with Crippen molar-refractivity contribution >= 4 is 17.6 Å². The summed E-state index contributed by atoms with van der Waals surface area (Å²) in [6.07, 6.45) is 2.67. The largest absolute Gasteiger partial charge is 0.478 e. The number of anilines is 1.